The van der Waals surface area contributed by atoms with E-state index in [2.05, 4.69) is 18.9 Å². The summed E-state index contributed by atoms with van der Waals surface area (Å²) < 4.78 is 5.54. The molecule has 0 saturated heterocycles. The summed E-state index contributed by atoms with van der Waals surface area (Å²) in [5, 5.41) is 10.2. The molecule has 0 heterocycles. The normalized spacial score (nSPS) is 16.6. The lowest BCUT2D eigenvalue weighted by molar-refractivity contribution is 0.124. The first kappa shape index (κ1) is 14.4. The van der Waals surface area contributed by atoms with E-state index in [9.17, 15) is 5.11 Å². The van der Waals surface area contributed by atoms with Gasteiger partial charge in [-0.2, -0.15) is 0 Å². The summed E-state index contributed by atoms with van der Waals surface area (Å²) in [6.45, 7) is 4.64. The van der Waals surface area contributed by atoms with Gasteiger partial charge in [-0.15, -0.1) is 0 Å². The summed E-state index contributed by atoms with van der Waals surface area (Å²) in [5.41, 5.74) is 0.964. The van der Waals surface area contributed by atoms with Crippen LogP contribution in [-0.4, -0.2) is 36.8 Å². The van der Waals surface area contributed by atoms with E-state index < -0.39 is 6.10 Å². The lowest BCUT2D eigenvalue weighted by Gasteiger charge is -2.20. The van der Waals surface area contributed by atoms with Gasteiger partial charge in [0.1, 0.15) is 5.75 Å². The zero-order valence-electron chi connectivity index (χ0n) is 12.0. The van der Waals surface area contributed by atoms with Gasteiger partial charge in [0.15, 0.2) is 0 Å². The molecule has 0 bridgehead atoms. The van der Waals surface area contributed by atoms with Crippen LogP contribution < -0.4 is 4.74 Å². The zero-order chi connectivity index (χ0) is 13.7. The highest BCUT2D eigenvalue weighted by atomic mass is 16.5. The van der Waals surface area contributed by atoms with E-state index in [1.807, 2.05) is 24.3 Å². The quantitative estimate of drug-likeness (QED) is 0.783. The van der Waals surface area contributed by atoms with Crippen LogP contribution in [0.1, 0.15) is 37.9 Å². The van der Waals surface area contributed by atoms with Gasteiger partial charge in [0.2, 0.25) is 0 Å². The number of hydrogen-bond acceptors (Lipinski definition) is 3. The second kappa shape index (κ2) is 6.92. The van der Waals surface area contributed by atoms with Crippen molar-refractivity contribution in [3.8, 4) is 5.75 Å². The van der Waals surface area contributed by atoms with Crippen LogP contribution in [0.4, 0.5) is 0 Å². The van der Waals surface area contributed by atoms with Gasteiger partial charge in [-0.1, -0.05) is 19.1 Å². The van der Waals surface area contributed by atoms with E-state index in [0.717, 1.165) is 36.8 Å². The first-order chi connectivity index (χ1) is 9.19. The molecule has 1 fully saturated rings. The lowest BCUT2D eigenvalue weighted by Crippen LogP contribution is -2.26. The minimum absolute atomic E-state index is 0.413. The molecular weight excluding hydrogens is 238 g/mol. The van der Waals surface area contributed by atoms with Crippen LogP contribution in [0.3, 0.4) is 0 Å². The van der Waals surface area contributed by atoms with Crippen molar-refractivity contribution in [1.29, 1.82) is 0 Å². The Morgan fingerprint density at radius 3 is 2.58 bits per heavy atom. The SMILES string of the molecule is CCCOc1ccc(C(O)CN(C)CC2CC2)cc1. The van der Waals surface area contributed by atoms with Crippen LogP contribution in [0.25, 0.3) is 0 Å². The average molecular weight is 263 g/mol. The standard InChI is InChI=1S/C16H25NO2/c1-3-10-19-15-8-6-14(7-9-15)16(18)12-17(2)11-13-4-5-13/h6-9,13,16,18H,3-5,10-12H2,1-2H3. The molecule has 1 aliphatic carbocycles. The second-order valence-electron chi connectivity index (χ2n) is 5.60. The number of rotatable bonds is 8. The van der Waals surface area contributed by atoms with Crippen LogP contribution in [0.2, 0.25) is 0 Å². The molecule has 0 spiro atoms. The Morgan fingerprint density at radius 1 is 1.32 bits per heavy atom. The van der Waals surface area contributed by atoms with Crippen molar-refractivity contribution in [3.63, 3.8) is 0 Å². The van der Waals surface area contributed by atoms with E-state index in [1.54, 1.807) is 0 Å². The predicted molar refractivity (Wildman–Crippen MR) is 77.4 cm³/mol. The van der Waals surface area contributed by atoms with E-state index in [1.165, 1.54) is 12.8 Å². The van der Waals surface area contributed by atoms with Crippen LogP contribution in [0, 0.1) is 5.92 Å². The minimum atomic E-state index is -0.413. The van der Waals surface area contributed by atoms with E-state index >= 15 is 0 Å². The zero-order valence-corrected chi connectivity index (χ0v) is 12.0. The molecule has 0 aromatic heterocycles. The summed E-state index contributed by atoms with van der Waals surface area (Å²) in [7, 11) is 2.08. The molecule has 1 N–H and O–H groups in total. The number of aliphatic hydroxyl groups is 1. The molecule has 0 amide bonds. The van der Waals surface area contributed by atoms with Gasteiger partial charge in [-0.05, 0) is 49.9 Å². The van der Waals surface area contributed by atoms with Crippen LogP contribution in [-0.2, 0) is 0 Å². The molecule has 106 valence electrons. The molecule has 1 unspecified atom stereocenters. The molecule has 1 aliphatic rings. The van der Waals surface area contributed by atoms with Gasteiger partial charge in [0.05, 0.1) is 12.7 Å². The predicted octanol–water partition coefficient (Wildman–Crippen LogP) is 2.85. The van der Waals surface area contributed by atoms with Gasteiger partial charge >= 0.3 is 0 Å². The lowest BCUT2D eigenvalue weighted by atomic mass is 10.1. The summed E-state index contributed by atoms with van der Waals surface area (Å²) in [5.74, 6) is 1.74. The third-order valence-electron chi connectivity index (χ3n) is 3.49. The highest BCUT2D eigenvalue weighted by Crippen LogP contribution is 2.29. The highest BCUT2D eigenvalue weighted by Gasteiger charge is 2.23. The summed E-state index contributed by atoms with van der Waals surface area (Å²) in [4.78, 5) is 2.23. The first-order valence-corrected chi connectivity index (χ1v) is 7.28. The molecule has 3 heteroatoms. The first-order valence-electron chi connectivity index (χ1n) is 7.28. The number of benzene rings is 1. The smallest absolute Gasteiger partial charge is 0.119 e. The Kier molecular flexibility index (Phi) is 5.23. The number of ether oxygens (including phenoxy) is 1. The second-order valence-corrected chi connectivity index (χ2v) is 5.60. The molecule has 1 aromatic rings. The van der Waals surface area contributed by atoms with Crippen molar-refractivity contribution < 1.29 is 9.84 Å². The Balaban J connectivity index is 1.81. The molecule has 1 saturated carbocycles. The fourth-order valence-electron chi connectivity index (χ4n) is 2.22. The number of hydrogen-bond donors (Lipinski definition) is 1. The van der Waals surface area contributed by atoms with Gasteiger partial charge in [-0.25, -0.2) is 0 Å². The summed E-state index contributed by atoms with van der Waals surface area (Å²) in [6, 6.07) is 7.80. The van der Waals surface area contributed by atoms with Gasteiger partial charge < -0.3 is 14.7 Å². The van der Waals surface area contributed by atoms with Crippen LogP contribution >= 0.6 is 0 Å². The third-order valence-corrected chi connectivity index (χ3v) is 3.49. The molecule has 2 rings (SSSR count). The highest BCUT2D eigenvalue weighted by molar-refractivity contribution is 5.28. The Labute approximate surface area is 116 Å². The largest absolute Gasteiger partial charge is 0.494 e. The molecule has 1 atom stereocenters. The van der Waals surface area contributed by atoms with Crippen molar-refractivity contribution in [3.05, 3.63) is 29.8 Å². The maximum Gasteiger partial charge on any atom is 0.119 e. The van der Waals surface area contributed by atoms with Gasteiger partial charge in [0.25, 0.3) is 0 Å². The van der Waals surface area contributed by atoms with E-state index in [-0.39, 0.29) is 0 Å². The summed E-state index contributed by atoms with van der Waals surface area (Å²) in [6.07, 6.45) is 3.30. The fraction of sp³-hybridized carbons (Fsp3) is 0.625. The van der Waals surface area contributed by atoms with Crippen molar-refractivity contribution in [2.45, 2.75) is 32.3 Å². The maximum absolute atomic E-state index is 10.2. The summed E-state index contributed by atoms with van der Waals surface area (Å²) >= 11 is 0. The molecule has 0 radical (unpaired) electrons. The molecule has 1 aromatic carbocycles. The third kappa shape index (κ3) is 4.84. The van der Waals surface area contributed by atoms with E-state index in [4.69, 9.17) is 4.74 Å². The van der Waals surface area contributed by atoms with Crippen molar-refractivity contribution in [2.75, 3.05) is 26.7 Å². The minimum Gasteiger partial charge on any atom is -0.494 e. The topological polar surface area (TPSA) is 32.7 Å². The Hall–Kier alpha value is -1.06. The number of aliphatic hydroxyl groups excluding tert-OH is 1. The number of likely N-dealkylation sites (N-methyl/N-ethyl adjacent to an activating group) is 1. The van der Waals surface area contributed by atoms with Crippen molar-refractivity contribution >= 4 is 0 Å². The average Bonchev–Trinajstić information content (AvgIpc) is 3.20. The van der Waals surface area contributed by atoms with Gasteiger partial charge in [-0.3, -0.25) is 0 Å². The fourth-order valence-corrected chi connectivity index (χ4v) is 2.22. The molecule has 3 nitrogen and oxygen atoms in total. The monoisotopic (exact) mass is 263 g/mol. The molecule has 0 aliphatic heterocycles. The van der Waals surface area contributed by atoms with Crippen LogP contribution in [0.15, 0.2) is 24.3 Å². The molecular formula is C16H25NO2. The van der Waals surface area contributed by atoms with Crippen molar-refractivity contribution in [1.82, 2.24) is 4.90 Å². The van der Waals surface area contributed by atoms with Crippen LogP contribution in [0.5, 0.6) is 5.75 Å². The maximum atomic E-state index is 10.2. The van der Waals surface area contributed by atoms with E-state index in [0.29, 0.717) is 6.54 Å². The van der Waals surface area contributed by atoms with Crippen molar-refractivity contribution in [2.24, 2.45) is 5.92 Å². The number of nitrogens with zero attached hydrogens (tertiary/aromatic N) is 1. The Bertz CT molecular complexity index is 373. The molecule has 19 heavy (non-hydrogen) atoms. The van der Waals surface area contributed by atoms with Gasteiger partial charge in [0, 0.05) is 13.1 Å². The Morgan fingerprint density at radius 2 is 2.00 bits per heavy atom.